The molecular formula is C18H22ClFN4O. The zero-order valence-electron chi connectivity index (χ0n) is 14.3. The molecule has 1 aliphatic rings. The number of nitrogens with one attached hydrogen (secondary N) is 2. The van der Waals surface area contributed by atoms with E-state index in [4.69, 9.17) is 11.6 Å². The Morgan fingerprint density at radius 2 is 2.04 bits per heavy atom. The Kier molecular flexibility index (Phi) is 5.39. The van der Waals surface area contributed by atoms with E-state index in [2.05, 4.69) is 20.6 Å². The van der Waals surface area contributed by atoms with E-state index in [1.165, 1.54) is 12.1 Å². The molecule has 1 aromatic heterocycles. The van der Waals surface area contributed by atoms with E-state index in [0.717, 1.165) is 18.5 Å². The van der Waals surface area contributed by atoms with Crippen molar-refractivity contribution in [2.24, 2.45) is 5.92 Å². The standard InChI is InChI=1S/C18H22ClFN4O/c1-10(2)16(9-25)23-18-22-15(11-3-4-11)8-17(24-18)21-14-6-5-12(20)7-13(14)19/h5-8,10-11,16,25H,3-4,9H2,1-2H3,(H2,21,22,23,24)/t16-/m0/s1. The van der Waals surface area contributed by atoms with Gasteiger partial charge in [-0.15, -0.1) is 0 Å². The van der Waals surface area contributed by atoms with Crippen molar-refractivity contribution in [1.29, 1.82) is 0 Å². The van der Waals surface area contributed by atoms with Gasteiger partial charge in [-0.25, -0.2) is 9.37 Å². The van der Waals surface area contributed by atoms with Gasteiger partial charge < -0.3 is 15.7 Å². The summed E-state index contributed by atoms with van der Waals surface area (Å²) < 4.78 is 13.2. The van der Waals surface area contributed by atoms with Gasteiger partial charge >= 0.3 is 0 Å². The molecule has 1 fully saturated rings. The molecule has 0 unspecified atom stereocenters. The van der Waals surface area contributed by atoms with Gasteiger partial charge in [0, 0.05) is 12.0 Å². The van der Waals surface area contributed by atoms with Crippen LogP contribution in [-0.4, -0.2) is 27.7 Å². The fourth-order valence-electron chi connectivity index (χ4n) is 2.50. The predicted molar refractivity (Wildman–Crippen MR) is 98.0 cm³/mol. The maximum absolute atomic E-state index is 13.2. The van der Waals surface area contributed by atoms with E-state index in [1.54, 1.807) is 6.07 Å². The monoisotopic (exact) mass is 364 g/mol. The van der Waals surface area contributed by atoms with Crippen molar-refractivity contribution in [3.63, 3.8) is 0 Å². The van der Waals surface area contributed by atoms with Crippen LogP contribution in [0.2, 0.25) is 5.02 Å². The van der Waals surface area contributed by atoms with Crippen molar-refractivity contribution in [2.75, 3.05) is 17.2 Å². The average molecular weight is 365 g/mol. The molecule has 1 heterocycles. The van der Waals surface area contributed by atoms with E-state index in [0.29, 0.717) is 23.4 Å². The summed E-state index contributed by atoms with van der Waals surface area (Å²) in [4.78, 5) is 9.05. The Morgan fingerprint density at radius 3 is 2.64 bits per heavy atom. The van der Waals surface area contributed by atoms with Gasteiger partial charge in [0.25, 0.3) is 0 Å². The second-order valence-electron chi connectivity index (χ2n) is 6.70. The molecule has 3 N–H and O–H groups in total. The third-order valence-corrected chi connectivity index (χ3v) is 4.56. The summed E-state index contributed by atoms with van der Waals surface area (Å²) >= 11 is 6.09. The maximum Gasteiger partial charge on any atom is 0.225 e. The van der Waals surface area contributed by atoms with Crippen LogP contribution in [0, 0.1) is 11.7 Å². The molecule has 0 spiro atoms. The molecule has 25 heavy (non-hydrogen) atoms. The third kappa shape index (κ3) is 4.58. The molecule has 0 amide bonds. The molecule has 1 saturated carbocycles. The van der Waals surface area contributed by atoms with Gasteiger partial charge in [0.1, 0.15) is 11.6 Å². The lowest BCUT2D eigenvalue weighted by Crippen LogP contribution is -2.30. The number of benzene rings is 1. The van der Waals surface area contributed by atoms with Gasteiger partial charge in [0.15, 0.2) is 0 Å². The minimum Gasteiger partial charge on any atom is -0.394 e. The number of aromatic nitrogens is 2. The number of hydrogen-bond donors (Lipinski definition) is 3. The van der Waals surface area contributed by atoms with Gasteiger partial charge in [-0.2, -0.15) is 4.98 Å². The first-order valence-corrected chi connectivity index (χ1v) is 8.82. The van der Waals surface area contributed by atoms with Crippen LogP contribution in [0.25, 0.3) is 0 Å². The van der Waals surface area contributed by atoms with E-state index < -0.39 is 0 Å². The molecule has 0 saturated heterocycles. The molecular weight excluding hydrogens is 343 g/mol. The highest BCUT2D eigenvalue weighted by molar-refractivity contribution is 6.33. The van der Waals surface area contributed by atoms with Gasteiger partial charge in [-0.1, -0.05) is 25.4 Å². The first-order chi connectivity index (χ1) is 12.0. The highest BCUT2D eigenvalue weighted by Gasteiger charge is 2.27. The topological polar surface area (TPSA) is 70.1 Å². The van der Waals surface area contributed by atoms with Crippen molar-refractivity contribution >= 4 is 29.1 Å². The van der Waals surface area contributed by atoms with E-state index in [-0.39, 0.29) is 29.4 Å². The molecule has 1 aliphatic carbocycles. The minimum absolute atomic E-state index is 0.00123. The van der Waals surface area contributed by atoms with Gasteiger partial charge in [-0.3, -0.25) is 0 Å². The summed E-state index contributed by atoms with van der Waals surface area (Å²) in [7, 11) is 0. The van der Waals surface area contributed by atoms with Crippen LogP contribution in [0.1, 0.15) is 38.3 Å². The largest absolute Gasteiger partial charge is 0.394 e. The lowest BCUT2D eigenvalue weighted by atomic mass is 10.1. The SMILES string of the molecule is CC(C)[C@H](CO)Nc1nc(Nc2ccc(F)cc2Cl)cc(C2CC2)n1. The summed E-state index contributed by atoms with van der Waals surface area (Å²) in [6, 6.07) is 5.95. The Balaban J connectivity index is 1.87. The van der Waals surface area contributed by atoms with Crippen molar-refractivity contribution in [2.45, 2.75) is 38.6 Å². The van der Waals surface area contributed by atoms with Gasteiger partial charge in [0.2, 0.25) is 5.95 Å². The number of halogens is 2. The summed E-state index contributed by atoms with van der Waals surface area (Å²) in [5.74, 6) is 1.36. The van der Waals surface area contributed by atoms with Crippen molar-refractivity contribution < 1.29 is 9.50 Å². The fraction of sp³-hybridized carbons (Fsp3) is 0.444. The number of hydrogen-bond acceptors (Lipinski definition) is 5. The smallest absolute Gasteiger partial charge is 0.225 e. The first-order valence-electron chi connectivity index (χ1n) is 8.44. The van der Waals surface area contributed by atoms with Crippen LogP contribution >= 0.6 is 11.6 Å². The Labute approximate surface area is 151 Å². The summed E-state index contributed by atoms with van der Waals surface area (Å²) in [5, 5.41) is 16.1. The molecule has 1 aromatic carbocycles. The fourth-order valence-corrected chi connectivity index (χ4v) is 2.72. The number of rotatable bonds is 7. The van der Waals surface area contributed by atoms with Crippen LogP contribution in [0.15, 0.2) is 24.3 Å². The second-order valence-corrected chi connectivity index (χ2v) is 7.11. The Hall–Kier alpha value is -1.92. The lowest BCUT2D eigenvalue weighted by molar-refractivity contribution is 0.248. The molecule has 5 nitrogen and oxygen atoms in total. The zero-order valence-corrected chi connectivity index (χ0v) is 15.0. The van der Waals surface area contributed by atoms with Crippen molar-refractivity contribution in [3.8, 4) is 0 Å². The van der Waals surface area contributed by atoms with E-state index in [9.17, 15) is 9.50 Å². The minimum atomic E-state index is -0.387. The summed E-state index contributed by atoms with van der Waals surface area (Å²) in [6.07, 6.45) is 2.22. The Morgan fingerprint density at radius 1 is 1.28 bits per heavy atom. The van der Waals surface area contributed by atoms with E-state index >= 15 is 0 Å². The van der Waals surface area contributed by atoms with Crippen LogP contribution in [0.4, 0.5) is 21.8 Å². The van der Waals surface area contributed by atoms with Crippen LogP contribution in [-0.2, 0) is 0 Å². The molecule has 7 heteroatoms. The quantitative estimate of drug-likeness (QED) is 0.682. The van der Waals surface area contributed by atoms with E-state index in [1.807, 2.05) is 19.9 Å². The maximum atomic E-state index is 13.2. The normalized spacial score (nSPS) is 15.3. The van der Waals surface area contributed by atoms with Crippen molar-refractivity contribution in [1.82, 2.24) is 9.97 Å². The molecule has 0 radical (unpaired) electrons. The predicted octanol–water partition coefficient (Wildman–Crippen LogP) is 4.32. The first kappa shape index (κ1) is 17.9. The highest BCUT2D eigenvalue weighted by Crippen LogP contribution is 2.40. The van der Waals surface area contributed by atoms with Crippen molar-refractivity contribution in [3.05, 3.63) is 40.8 Å². The molecule has 0 aliphatic heterocycles. The number of aliphatic hydroxyl groups excluding tert-OH is 1. The molecule has 1 atom stereocenters. The third-order valence-electron chi connectivity index (χ3n) is 4.25. The molecule has 134 valence electrons. The van der Waals surface area contributed by atoms with Crippen LogP contribution in [0.5, 0.6) is 0 Å². The molecule has 2 aromatic rings. The lowest BCUT2D eigenvalue weighted by Gasteiger charge is -2.20. The zero-order chi connectivity index (χ0) is 18.0. The number of anilines is 3. The van der Waals surface area contributed by atoms with Gasteiger partial charge in [-0.05, 0) is 37.0 Å². The second kappa shape index (κ2) is 7.54. The molecule has 3 rings (SSSR count). The van der Waals surface area contributed by atoms with Crippen LogP contribution < -0.4 is 10.6 Å². The average Bonchev–Trinajstić information content (AvgIpc) is 3.40. The van der Waals surface area contributed by atoms with Gasteiger partial charge in [0.05, 0.1) is 29.1 Å². The summed E-state index contributed by atoms with van der Waals surface area (Å²) in [6.45, 7) is 4.05. The Bertz CT molecular complexity index is 752. The number of nitrogens with zero attached hydrogens (tertiary/aromatic N) is 2. The highest BCUT2D eigenvalue weighted by atomic mass is 35.5. The van der Waals surface area contributed by atoms with Crippen LogP contribution in [0.3, 0.4) is 0 Å². The molecule has 0 bridgehead atoms. The summed E-state index contributed by atoms with van der Waals surface area (Å²) in [5.41, 5.74) is 1.54. The number of aliphatic hydroxyl groups is 1.